The Kier molecular flexibility index (Phi) is 20.1. The van der Waals surface area contributed by atoms with Gasteiger partial charge in [-0.15, -0.1) is 24.8 Å². The number of carbonyl (C=O) groups excluding carboxylic acids is 2. The van der Waals surface area contributed by atoms with E-state index in [2.05, 4.69) is 47.6 Å². The Morgan fingerprint density at radius 2 is 1.48 bits per heavy atom. The molecule has 10 atom stereocenters. The Labute approximate surface area is 332 Å². The van der Waals surface area contributed by atoms with Crippen molar-refractivity contribution in [3.8, 4) is 0 Å². The molecule has 0 saturated heterocycles. The highest BCUT2D eigenvalue weighted by Gasteiger charge is 2.59. The first-order chi connectivity index (χ1) is 23.7. The lowest BCUT2D eigenvalue weighted by atomic mass is 9.47. The number of fused-ring (bicyclic) bond motifs is 5. The van der Waals surface area contributed by atoms with Gasteiger partial charge in [-0.25, -0.2) is 0 Å². The maximum atomic E-state index is 13.2. The van der Waals surface area contributed by atoms with Gasteiger partial charge in [0.25, 0.3) is 0 Å². The topological polar surface area (TPSA) is 98.7 Å². The molecule has 3 saturated carbocycles. The number of esters is 1. The van der Waals surface area contributed by atoms with Crippen LogP contribution < -0.4 is 11.5 Å². The van der Waals surface area contributed by atoms with Gasteiger partial charge in [-0.2, -0.15) is 0 Å². The molecular weight excluding hydrogens is 689 g/mol. The summed E-state index contributed by atoms with van der Waals surface area (Å²) in [6.07, 6.45) is 24.3. The van der Waals surface area contributed by atoms with Crippen molar-refractivity contribution >= 4 is 36.7 Å². The number of halogens is 2. The lowest BCUT2D eigenvalue weighted by molar-refractivity contribution is -0.153. The fraction of sp³-hybridized carbons (Fsp3) is 0.909. The minimum Gasteiger partial charge on any atom is -0.462 e. The van der Waals surface area contributed by atoms with Crippen molar-refractivity contribution in [2.45, 2.75) is 195 Å². The molecule has 0 spiro atoms. The second-order valence-electron chi connectivity index (χ2n) is 18.8. The van der Waals surface area contributed by atoms with Gasteiger partial charge in [0.1, 0.15) is 6.10 Å². The average Bonchev–Trinajstić information content (AvgIpc) is 3.41. The van der Waals surface area contributed by atoms with Crippen LogP contribution in [0, 0.1) is 46.3 Å². The Balaban J connectivity index is 0.00000468. The van der Waals surface area contributed by atoms with E-state index in [1.165, 1.54) is 70.6 Å². The lowest BCUT2D eigenvalue weighted by Gasteiger charge is -2.58. The number of nitrogens with two attached hydrogens (primary N) is 2. The van der Waals surface area contributed by atoms with Crippen molar-refractivity contribution in [3.63, 3.8) is 0 Å². The van der Waals surface area contributed by atoms with Crippen LogP contribution in [0.3, 0.4) is 0 Å². The van der Waals surface area contributed by atoms with Crippen LogP contribution in [0.25, 0.3) is 0 Å². The molecule has 8 heteroatoms. The predicted octanol–water partition coefficient (Wildman–Crippen LogP) is 10.8. The van der Waals surface area contributed by atoms with Crippen LogP contribution in [-0.2, 0) is 14.3 Å². The summed E-state index contributed by atoms with van der Waals surface area (Å²) in [6.45, 7) is 18.0. The van der Waals surface area contributed by atoms with Crippen molar-refractivity contribution in [2.75, 3.05) is 13.1 Å². The van der Waals surface area contributed by atoms with Crippen LogP contribution >= 0.6 is 24.8 Å². The third-order valence-corrected chi connectivity index (χ3v) is 14.4. The van der Waals surface area contributed by atoms with Crippen LogP contribution in [0.15, 0.2) is 11.6 Å². The normalized spacial score (nSPS) is 31.1. The Morgan fingerprint density at radius 3 is 2.17 bits per heavy atom. The summed E-state index contributed by atoms with van der Waals surface area (Å²) >= 11 is 0. The summed E-state index contributed by atoms with van der Waals surface area (Å²) in [4.78, 5) is 28.3. The van der Waals surface area contributed by atoms with E-state index in [1.807, 2.05) is 11.8 Å². The zero-order chi connectivity index (χ0) is 36.5. The van der Waals surface area contributed by atoms with Crippen LogP contribution in [0.5, 0.6) is 0 Å². The molecular formula is C44H81Cl2N3O3. The van der Waals surface area contributed by atoms with E-state index in [4.69, 9.17) is 16.2 Å². The highest BCUT2D eigenvalue weighted by atomic mass is 35.5. The van der Waals surface area contributed by atoms with Gasteiger partial charge >= 0.3 is 5.97 Å². The summed E-state index contributed by atoms with van der Waals surface area (Å²) in [6, 6.07) is 0.325. The molecule has 0 aromatic rings. The molecule has 0 bridgehead atoms. The summed E-state index contributed by atoms with van der Waals surface area (Å²) in [7, 11) is 0. The molecule has 304 valence electrons. The molecule has 4 N–H and O–H groups in total. The van der Waals surface area contributed by atoms with Crippen molar-refractivity contribution in [2.24, 2.45) is 57.8 Å². The molecule has 1 amide bonds. The molecule has 3 unspecified atom stereocenters. The first-order valence-electron chi connectivity index (χ1n) is 21.4. The minimum absolute atomic E-state index is 0. The van der Waals surface area contributed by atoms with Crippen molar-refractivity contribution in [1.29, 1.82) is 0 Å². The average molecular weight is 771 g/mol. The Hall–Kier alpha value is -0.820. The molecule has 4 aliphatic rings. The predicted molar refractivity (Wildman–Crippen MR) is 223 cm³/mol. The molecule has 52 heavy (non-hydrogen) atoms. The number of nitrogens with zero attached hydrogens (tertiary/aromatic N) is 1. The minimum atomic E-state index is -0.213. The van der Waals surface area contributed by atoms with E-state index in [0.29, 0.717) is 12.0 Å². The number of hydrogen-bond donors (Lipinski definition) is 2. The van der Waals surface area contributed by atoms with E-state index in [1.54, 1.807) is 5.57 Å². The number of carbonyl (C=O) groups is 2. The van der Waals surface area contributed by atoms with E-state index in [-0.39, 0.29) is 73.1 Å². The summed E-state index contributed by atoms with van der Waals surface area (Å²) < 4.78 is 6.10. The number of allylic oxidation sites excluding steroid dienone is 1. The fourth-order valence-electron chi connectivity index (χ4n) is 11.4. The van der Waals surface area contributed by atoms with Crippen LogP contribution in [0.4, 0.5) is 0 Å². The van der Waals surface area contributed by atoms with Gasteiger partial charge in [0.05, 0.1) is 6.42 Å². The SMILES string of the molecule is CC(C)CCCC(C)[C@H]1CC[C@H]2[C@@H]3CC=C4C[C@@H](OC(=O)CCC(=O)N(CCCCCCCC(C)N)CCC(C)N)CC[C@]4(C)[C@H]3CC[C@]12C.Cl.Cl. The smallest absolute Gasteiger partial charge is 0.306 e. The number of amides is 1. The lowest BCUT2D eigenvalue weighted by Crippen LogP contribution is -2.51. The van der Waals surface area contributed by atoms with Crippen LogP contribution in [0.1, 0.15) is 177 Å². The van der Waals surface area contributed by atoms with Gasteiger partial charge < -0.3 is 21.1 Å². The largest absolute Gasteiger partial charge is 0.462 e. The maximum absolute atomic E-state index is 13.2. The number of hydrogen-bond acceptors (Lipinski definition) is 5. The number of rotatable bonds is 20. The highest BCUT2D eigenvalue weighted by molar-refractivity contribution is 5.85. The van der Waals surface area contributed by atoms with E-state index in [0.717, 1.165) is 87.0 Å². The summed E-state index contributed by atoms with van der Waals surface area (Å²) in [5, 5.41) is 0. The van der Waals surface area contributed by atoms with E-state index >= 15 is 0 Å². The zero-order valence-corrected chi connectivity index (χ0v) is 36.1. The van der Waals surface area contributed by atoms with Gasteiger partial charge in [-0.3, -0.25) is 9.59 Å². The molecule has 0 aromatic carbocycles. The third kappa shape index (κ3) is 12.6. The molecule has 4 aliphatic carbocycles. The molecule has 0 heterocycles. The maximum Gasteiger partial charge on any atom is 0.306 e. The van der Waals surface area contributed by atoms with E-state index < -0.39 is 0 Å². The molecule has 3 fully saturated rings. The monoisotopic (exact) mass is 770 g/mol. The number of ether oxygens (including phenoxy) is 1. The zero-order valence-electron chi connectivity index (χ0n) is 34.5. The van der Waals surface area contributed by atoms with E-state index in [9.17, 15) is 9.59 Å². The first-order valence-corrected chi connectivity index (χ1v) is 21.4. The van der Waals surface area contributed by atoms with Gasteiger partial charge in [-0.1, -0.05) is 91.2 Å². The van der Waals surface area contributed by atoms with Gasteiger partial charge in [0.2, 0.25) is 5.91 Å². The van der Waals surface area contributed by atoms with Crippen molar-refractivity contribution in [1.82, 2.24) is 4.90 Å². The Morgan fingerprint density at radius 1 is 0.788 bits per heavy atom. The van der Waals surface area contributed by atoms with Crippen molar-refractivity contribution < 1.29 is 14.3 Å². The van der Waals surface area contributed by atoms with Gasteiger partial charge in [0.15, 0.2) is 0 Å². The molecule has 4 rings (SSSR count). The second kappa shape index (κ2) is 22.1. The second-order valence-corrected chi connectivity index (χ2v) is 18.8. The summed E-state index contributed by atoms with van der Waals surface area (Å²) in [5.41, 5.74) is 14.2. The van der Waals surface area contributed by atoms with Crippen LogP contribution in [-0.4, -0.2) is 48.1 Å². The molecule has 0 aliphatic heterocycles. The van der Waals surface area contributed by atoms with Crippen molar-refractivity contribution in [3.05, 3.63) is 11.6 Å². The molecule has 0 aromatic heterocycles. The summed E-state index contributed by atoms with van der Waals surface area (Å²) in [5.74, 6) is 4.82. The molecule has 6 nitrogen and oxygen atoms in total. The number of unbranched alkanes of at least 4 members (excludes halogenated alkanes) is 4. The highest BCUT2D eigenvalue weighted by Crippen LogP contribution is 2.67. The fourth-order valence-corrected chi connectivity index (χ4v) is 11.4. The quantitative estimate of drug-likeness (QED) is 0.0730. The van der Waals surface area contributed by atoms with Gasteiger partial charge in [-0.05, 0) is 124 Å². The van der Waals surface area contributed by atoms with Gasteiger partial charge in [0, 0.05) is 38.0 Å². The standard InChI is InChI=1S/C44H79N3O3.2ClH/c1-31(2)14-13-15-32(3)38-19-20-39-37-18-17-35-30-36(23-26-43(35,6)40(37)24-27-44(38,39)7)50-42(49)22-21-41(48)47(29-25-34(5)46)28-12-10-8-9-11-16-33(4)45;;/h17,31-34,36-40H,8-16,18-30,45-46H2,1-7H3;2*1H/t32?,33?,34?,36-,37-,38+,39-,40-,43-,44+;;/m0../s1. The first kappa shape index (κ1) is 47.3. The third-order valence-electron chi connectivity index (χ3n) is 14.4. The molecule has 0 radical (unpaired) electrons. The Bertz CT molecular complexity index is 1110. The van der Waals surface area contributed by atoms with Crippen LogP contribution in [0.2, 0.25) is 0 Å².